The van der Waals surface area contributed by atoms with Crippen LogP contribution in [0.15, 0.2) is 18.2 Å². The fraction of sp³-hybridized carbons (Fsp3) is 0.647. The van der Waals surface area contributed by atoms with Crippen LogP contribution >= 0.6 is 0 Å². The van der Waals surface area contributed by atoms with E-state index in [9.17, 15) is 0 Å². The summed E-state index contributed by atoms with van der Waals surface area (Å²) in [4.78, 5) is 0. The Balaban J connectivity index is 1.84. The molecule has 1 aliphatic carbocycles. The van der Waals surface area contributed by atoms with E-state index in [1.807, 2.05) is 6.07 Å². The fourth-order valence-corrected chi connectivity index (χ4v) is 3.09. The minimum absolute atomic E-state index is 0.789. The predicted octanol–water partition coefficient (Wildman–Crippen LogP) is 3.62. The Bertz CT molecular complexity index is 419. The van der Waals surface area contributed by atoms with Crippen molar-refractivity contribution in [1.29, 1.82) is 0 Å². The quantitative estimate of drug-likeness (QED) is 0.861. The van der Waals surface area contributed by atoms with Gasteiger partial charge in [-0.1, -0.05) is 32.3 Å². The molecule has 112 valence electrons. The second-order valence-corrected chi connectivity index (χ2v) is 5.84. The standard InChI is InChI=1S/C17H27NO2/c1-13-6-4-5-7-15(13)12-18-11-14-8-9-16(19-2)17(10-14)20-3/h8-10,13,15,18H,4-7,11-12H2,1-3H3. The summed E-state index contributed by atoms with van der Waals surface area (Å²) in [6, 6.07) is 6.12. The van der Waals surface area contributed by atoms with Gasteiger partial charge in [0.2, 0.25) is 0 Å². The van der Waals surface area contributed by atoms with Crippen molar-refractivity contribution in [1.82, 2.24) is 5.32 Å². The van der Waals surface area contributed by atoms with Crippen LogP contribution in [0.2, 0.25) is 0 Å². The second kappa shape index (κ2) is 7.53. The fourth-order valence-electron chi connectivity index (χ4n) is 3.09. The van der Waals surface area contributed by atoms with Gasteiger partial charge in [-0.3, -0.25) is 0 Å². The molecule has 3 nitrogen and oxygen atoms in total. The summed E-state index contributed by atoms with van der Waals surface area (Å²) in [6.07, 6.45) is 5.57. The Morgan fingerprint density at radius 3 is 2.55 bits per heavy atom. The van der Waals surface area contributed by atoms with E-state index < -0.39 is 0 Å². The topological polar surface area (TPSA) is 30.5 Å². The van der Waals surface area contributed by atoms with Gasteiger partial charge < -0.3 is 14.8 Å². The van der Waals surface area contributed by atoms with Crippen molar-refractivity contribution in [3.63, 3.8) is 0 Å². The van der Waals surface area contributed by atoms with E-state index in [-0.39, 0.29) is 0 Å². The van der Waals surface area contributed by atoms with E-state index in [1.165, 1.54) is 31.2 Å². The number of hydrogen-bond acceptors (Lipinski definition) is 3. The average molecular weight is 277 g/mol. The van der Waals surface area contributed by atoms with E-state index in [0.29, 0.717) is 0 Å². The second-order valence-electron chi connectivity index (χ2n) is 5.84. The SMILES string of the molecule is COc1ccc(CNCC2CCCCC2C)cc1OC. The first-order valence-electron chi connectivity index (χ1n) is 7.66. The molecular weight excluding hydrogens is 250 g/mol. The zero-order chi connectivity index (χ0) is 14.4. The highest BCUT2D eigenvalue weighted by Gasteiger charge is 2.20. The summed E-state index contributed by atoms with van der Waals surface area (Å²) < 4.78 is 10.6. The highest BCUT2D eigenvalue weighted by atomic mass is 16.5. The molecule has 2 unspecified atom stereocenters. The highest BCUT2D eigenvalue weighted by Crippen LogP contribution is 2.29. The Morgan fingerprint density at radius 2 is 1.85 bits per heavy atom. The molecule has 0 aliphatic heterocycles. The van der Waals surface area contributed by atoms with Crippen LogP contribution in [0.5, 0.6) is 11.5 Å². The van der Waals surface area contributed by atoms with Crippen molar-refractivity contribution < 1.29 is 9.47 Å². The van der Waals surface area contributed by atoms with E-state index >= 15 is 0 Å². The highest BCUT2D eigenvalue weighted by molar-refractivity contribution is 5.42. The molecule has 3 heteroatoms. The molecule has 0 bridgehead atoms. The smallest absolute Gasteiger partial charge is 0.161 e. The third-order valence-electron chi connectivity index (χ3n) is 4.47. The van der Waals surface area contributed by atoms with Crippen LogP contribution in [0.1, 0.15) is 38.2 Å². The van der Waals surface area contributed by atoms with Crippen LogP contribution in [0, 0.1) is 11.8 Å². The number of rotatable bonds is 6. The maximum absolute atomic E-state index is 5.34. The predicted molar refractivity (Wildman–Crippen MR) is 82.4 cm³/mol. The third kappa shape index (κ3) is 3.89. The molecule has 0 amide bonds. The van der Waals surface area contributed by atoms with Crippen molar-refractivity contribution in [3.8, 4) is 11.5 Å². The van der Waals surface area contributed by atoms with Crippen LogP contribution in [-0.2, 0) is 6.54 Å². The van der Waals surface area contributed by atoms with Gasteiger partial charge in [-0.15, -0.1) is 0 Å². The van der Waals surface area contributed by atoms with Gasteiger partial charge in [0.15, 0.2) is 11.5 Å². The molecule has 1 fully saturated rings. The zero-order valence-electron chi connectivity index (χ0n) is 12.9. The maximum Gasteiger partial charge on any atom is 0.161 e. The lowest BCUT2D eigenvalue weighted by molar-refractivity contribution is 0.247. The summed E-state index contributed by atoms with van der Waals surface area (Å²) in [5.41, 5.74) is 1.24. The largest absolute Gasteiger partial charge is 0.493 e. The van der Waals surface area contributed by atoms with Crippen LogP contribution < -0.4 is 14.8 Å². The van der Waals surface area contributed by atoms with Crippen molar-refractivity contribution in [2.75, 3.05) is 20.8 Å². The first kappa shape index (κ1) is 15.2. The van der Waals surface area contributed by atoms with E-state index in [4.69, 9.17) is 9.47 Å². The Kier molecular flexibility index (Phi) is 5.72. The molecule has 1 aliphatic rings. The van der Waals surface area contributed by atoms with Gasteiger partial charge in [0.25, 0.3) is 0 Å². The lowest BCUT2D eigenvalue weighted by atomic mass is 9.80. The van der Waals surface area contributed by atoms with Crippen LogP contribution in [0.3, 0.4) is 0 Å². The minimum Gasteiger partial charge on any atom is -0.493 e. The van der Waals surface area contributed by atoms with E-state index in [0.717, 1.165) is 36.4 Å². The number of ether oxygens (including phenoxy) is 2. The lowest BCUT2D eigenvalue weighted by Crippen LogP contribution is -2.29. The van der Waals surface area contributed by atoms with Crippen molar-refractivity contribution >= 4 is 0 Å². The monoisotopic (exact) mass is 277 g/mol. The van der Waals surface area contributed by atoms with Crippen LogP contribution in [-0.4, -0.2) is 20.8 Å². The third-order valence-corrected chi connectivity index (χ3v) is 4.47. The summed E-state index contributed by atoms with van der Waals surface area (Å²) in [7, 11) is 3.35. The Hall–Kier alpha value is -1.22. The van der Waals surface area contributed by atoms with Gasteiger partial charge in [0.05, 0.1) is 14.2 Å². The minimum atomic E-state index is 0.789. The molecule has 0 heterocycles. The lowest BCUT2D eigenvalue weighted by Gasteiger charge is -2.28. The van der Waals surface area contributed by atoms with Gasteiger partial charge in [0.1, 0.15) is 0 Å². The van der Waals surface area contributed by atoms with Crippen LogP contribution in [0.4, 0.5) is 0 Å². The molecule has 0 saturated heterocycles. The van der Waals surface area contributed by atoms with Gasteiger partial charge in [0, 0.05) is 6.54 Å². The first-order valence-corrected chi connectivity index (χ1v) is 7.66. The number of hydrogen-bond donors (Lipinski definition) is 1. The first-order chi connectivity index (χ1) is 9.74. The van der Waals surface area contributed by atoms with E-state index in [2.05, 4.69) is 24.4 Å². The van der Waals surface area contributed by atoms with Crippen molar-refractivity contribution in [2.24, 2.45) is 11.8 Å². The van der Waals surface area contributed by atoms with Crippen molar-refractivity contribution in [2.45, 2.75) is 39.2 Å². The molecule has 20 heavy (non-hydrogen) atoms. The molecule has 2 atom stereocenters. The normalized spacial score (nSPS) is 22.6. The molecular formula is C17H27NO2. The van der Waals surface area contributed by atoms with Crippen molar-refractivity contribution in [3.05, 3.63) is 23.8 Å². The number of benzene rings is 1. The van der Waals surface area contributed by atoms with E-state index in [1.54, 1.807) is 14.2 Å². The zero-order valence-corrected chi connectivity index (χ0v) is 12.9. The molecule has 0 aromatic heterocycles. The average Bonchev–Trinajstić information content (AvgIpc) is 2.49. The molecule has 0 radical (unpaired) electrons. The maximum atomic E-state index is 5.34. The Labute approximate surface area is 122 Å². The van der Waals surface area contributed by atoms with Gasteiger partial charge in [-0.2, -0.15) is 0 Å². The van der Waals surface area contributed by atoms with Crippen LogP contribution in [0.25, 0.3) is 0 Å². The van der Waals surface area contributed by atoms with Gasteiger partial charge >= 0.3 is 0 Å². The van der Waals surface area contributed by atoms with Gasteiger partial charge in [-0.25, -0.2) is 0 Å². The molecule has 1 N–H and O–H groups in total. The Morgan fingerprint density at radius 1 is 1.10 bits per heavy atom. The van der Waals surface area contributed by atoms with Gasteiger partial charge in [-0.05, 0) is 42.5 Å². The summed E-state index contributed by atoms with van der Waals surface area (Å²) in [6.45, 7) is 4.40. The molecule has 1 saturated carbocycles. The molecule has 1 aromatic carbocycles. The summed E-state index contributed by atoms with van der Waals surface area (Å²) in [5, 5.41) is 3.59. The molecule has 2 rings (SSSR count). The number of methoxy groups -OCH3 is 2. The summed E-state index contributed by atoms with van der Waals surface area (Å²) in [5.74, 6) is 3.29. The molecule has 1 aromatic rings. The molecule has 0 spiro atoms. The summed E-state index contributed by atoms with van der Waals surface area (Å²) >= 11 is 0. The number of nitrogens with one attached hydrogen (secondary N) is 1.